The summed E-state index contributed by atoms with van der Waals surface area (Å²) in [6, 6.07) is 18.0. The van der Waals surface area contributed by atoms with E-state index in [0.29, 0.717) is 6.54 Å². The van der Waals surface area contributed by atoms with Crippen LogP contribution in [0.4, 0.5) is 0 Å². The summed E-state index contributed by atoms with van der Waals surface area (Å²) >= 11 is 1.59. The van der Waals surface area contributed by atoms with Crippen molar-refractivity contribution in [2.45, 2.75) is 24.9 Å². The van der Waals surface area contributed by atoms with Gasteiger partial charge in [0.05, 0.1) is 0 Å². The number of hydrogen-bond donors (Lipinski definition) is 1. The SMILES string of the molecule is CCNOC(=O)C(SCc1ccccc1C)c1ccccc1. The standard InChI is InChI=1S/C18H21NO2S/c1-3-19-21-18(20)17(15-10-5-4-6-11-15)22-13-16-12-8-7-9-14(16)2/h4-12,17,19H,3,13H2,1-2H3. The largest absolute Gasteiger partial charge is 0.369 e. The summed E-state index contributed by atoms with van der Waals surface area (Å²) in [6.45, 7) is 4.57. The van der Waals surface area contributed by atoms with Gasteiger partial charge in [-0.05, 0) is 30.5 Å². The van der Waals surface area contributed by atoms with E-state index in [-0.39, 0.29) is 11.2 Å². The molecule has 0 radical (unpaired) electrons. The predicted octanol–water partition coefficient (Wildman–Crippen LogP) is 4.04. The molecule has 4 heteroatoms. The fraction of sp³-hybridized carbons (Fsp3) is 0.278. The third-order valence-corrected chi connectivity index (χ3v) is 4.58. The smallest absolute Gasteiger partial charge is 0.342 e. The Bertz CT molecular complexity index is 601. The summed E-state index contributed by atoms with van der Waals surface area (Å²) < 4.78 is 0. The molecule has 0 bridgehead atoms. The molecule has 0 aliphatic carbocycles. The van der Waals surface area contributed by atoms with Crippen LogP contribution >= 0.6 is 11.8 Å². The molecule has 0 aliphatic heterocycles. The minimum Gasteiger partial charge on any atom is -0.369 e. The summed E-state index contributed by atoms with van der Waals surface area (Å²) in [6.07, 6.45) is 0. The number of hydrogen-bond acceptors (Lipinski definition) is 4. The van der Waals surface area contributed by atoms with E-state index in [9.17, 15) is 4.79 Å². The number of aryl methyl sites for hydroxylation is 1. The first kappa shape index (κ1) is 16.6. The summed E-state index contributed by atoms with van der Waals surface area (Å²) in [5, 5.41) is -0.333. The van der Waals surface area contributed by atoms with Gasteiger partial charge in [0.2, 0.25) is 0 Å². The summed E-state index contributed by atoms with van der Waals surface area (Å²) in [4.78, 5) is 17.4. The van der Waals surface area contributed by atoms with E-state index in [1.807, 2.05) is 49.4 Å². The van der Waals surface area contributed by atoms with E-state index in [4.69, 9.17) is 4.84 Å². The summed E-state index contributed by atoms with van der Waals surface area (Å²) in [7, 11) is 0. The number of hydroxylamine groups is 1. The molecule has 0 fully saturated rings. The lowest BCUT2D eigenvalue weighted by atomic mass is 10.1. The molecule has 0 aliphatic rings. The van der Waals surface area contributed by atoms with Crippen LogP contribution in [0.15, 0.2) is 54.6 Å². The van der Waals surface area contributed by atoms with E-state index < -0.39 is 0 Å². The highest BCUT2D eigenvalue weighted by molar-refractivity contribution is 7.99. The highest BCUT2D eigenvalue weighted by Gasteiger charge is 2.23. The Morgan fingerprint density at radius 3 is 2.50 bits per heavy atom. The molecule has 3 nitrogen and oxygen atoms in total. The van der Waals surface area contributed by atoms with Crippen LogP contribution in [0, 0.1) is 6.92 Å². The molecule has 22 heavy (non-hydrogen) atoms. The predicted molar refractivity (Wildman–Crippen MR) is 91.4 cm³/mol. The van der Waals surface area contributed by atoms with Crippen molar-refractivity contribution in [3.05, 3.63) is 71.3 Å². The van der Waals surface area contributed by atoms with Crippen LogP contribution in [0.5, 0.6) is 0 Å². The third-order valence-electron chi connectivity index (χ3n) is 3.30. The van der Waals surface area contributed by atoms with E-state index in [1.165, 1.54) is 11.1 Å². The van der Waals surface area contributed by atoms with Crippen molar-refractivity contribution in [3.8, 4) is 0 Å². The molecule has 2 rings (SSSR count). The van der Waals surface area contributed by atoms with E-state index in [0.717, 1.165) is 11.3 Å². The quantitative estimate of drug-likeness (QED) is 0.783. The van der Waals surface area contributed by atoms with Crippen molar-refractivity contribution in [1.82, 2.24) is 5.48 Å². The molecule has 0 aromatic heterocycles. The Morgan fingerprint density at radius 1 is 1.14 bits per heavy atom. The zero-order chi connectivity index (χ0) is 15.8. The maximum absolute atomic E-state index is 12.3. The van der Waals surface area contributed by atoms with Gasteiger partial charge in [0, 0.05) is 12.3 Å². The average molecular weight is 315 g/mol. The first-order valence-electron chi connectivity index (χ1n) is 7.37. The van der Waals surface area contributed by atoms with Gasteiger partial charge in [-0.3, -0.25) is 0 Å². The monoisotopic (exact) mass is 315 g/mol. The molecular formula is C18H21NO2S. The molecule has 0 saturated carbocycles. The number of carbonyl (C=O) groups excluding carboxylic acids is 1. The molecule has 0 heterocycles. The van der Waals surface area contributed by atoms with Crippen molar-refractivity contribution in [3.63, 3.8) is 0 Å². The maximum atomic E-state index is 12.3. The lowest BCUT2D eigenvalue weighted by Gasteiger charge is -2.16. The lowest BCUT2D eigenvalue weighted by molar-refractivity contribution is -0.150. The average Bonchev–Trinajstić information content (AvgIpc) is 2.55. The first-order valence-corrected chi connectivity index (χ1v) is 8.42. The van der Waals surface area contributed by atoms with Gasteiger partial charge in [-0.25, -0.2) is 4.79 Å². The topological polar surface area (TPSA) is 38.3 Å². The molecule has 1 atom stereocenters. The highest BCUT2D eigenvalue weighted by atomic mass is 32.2. The zero-order valence-corrected chi connectivity index (χ0v) is 13.7. The molecule has 1 N–H and O–H groups in total. The van der Waals surface area contributed by atoms with Gasteiger partial charge in [-0.1, -0.05) is 54.6 Å². The van der Waals surface area contributed by atoms with Gasteiger partial charge in [0.15, 0.2) is 0 Å². The molecule has 2 aromatic carbocycles. The second-order valence-electron chi connectivity index (χ2n) is 4.95. The number of thioether (sulfide) groups is 1. The summed E-state index contributed by atoms with van der Waals surface area (Å²) in [5.41, 5.74) is 6.09. The highest BCUT2D eigenvalue weighted by Crippen LogP contribution is 2.33. The van der Waals surface area contributed by atoms with Gasteiger partial charge in [-0.2, -0.15) is 5.48 Å². The number of carbonyl (C=O) groups is 1. The fourth-order valence-corrected chi connectivity index (χ4v) is 3.27. The van der Waals surface area contributed by atoms with Crippen LogP contribution in [0.2, 0.25) is 0 Å². The number of benzene rings is 2. The second kappa shape index (κ2) is 8.61. The van der Waals surface area contributed by atoms with Crippen molar-refractivity contribution in [2.24, 2.45) is 0 Å². The van der Waals surface area contributed by atoms with Gasteiger partial charge in [0.25, 0.3) is 0 Å². The molecular weight excluding hydrogens is 294 g/mol. The van der Waals surface area contributed by atoms with Crippen LogP contribution in [-0.4, -0.2) is 12.5 Å². The van der Waals surface area contributed by atoms with Crippen molar-refractivity contribution in [1.29, 1.82) is 0 Å². The van der Waals surface area contributed by atoms with Crippen LogP contribution < -0.4 is 5.48 Å². The van der Waals surface area contributed by atoms with Gasteiger partial charge >= 0.3 is 5.97 Å². The van der Waals surface area contributed by atoms with Crippen molar-refractivity contribution >= 4 is 17.7 Å². The van der Waals surface area contributed by atoms with Gasteiger partial charge in [-0.15, -0.1) is 11.8 Å². The molecule has 1 unspecified atom stereocenters. The first-order chi connectivity index (χ1) is 10.7. The Morgan fingerprint density at radius 2 is 1.82 bits per heavy atom. The second-order valence-corrected chi connectivity index (χ2v) is 6.04. The van der Waals surface area contributed by atoms with E-state index in [1.54, 1.807) is 11.8 Å². The van der Waals surface area contributed by atoms with Gasteiger partial charge < -0.3 is 4.84 Å². The van der Waals surface area contributed by atoms with E-state index in [2.05, 4.69) is 24.5 Å². The van der Waals surface area contributed by atoms with E-state index >= 15 is 0 Å². The minimum absolute atomic E-state index is 0.258. The number of nitrogens with one attached hydrogen (secondary N) is 1. The van der Waals surface area contributed by atoms with Gasteiger partial charge in [0.1, 0.15) is 5.25 Å². The minimum atomic E-state index is -0.333. The van der Waals surface area contributed by atoms with Crippen LogP contribution in [0.1, 0.15) is 28.9 Å². The molecule has 0 amide bonds. The molecule has 116 valence electrons. The van der Waals surface area contributed by atoms with Crippen LogP contribution in [0.3, 0.4) is 0 Å². The lowest BCUT2D eigenvalue weighted by Crippen LogP contribution is -2.23. The molecule has 2 aromatic rings. The van der Waals surface area contributed by atoms with Crippen LogP contribution in [-0.2, 0) is 15.4 Å². The molecule has 0 spiro atoms. The van der Waals surface area contributed by atoms with Crippen molar-refractivity contribution in [2.75, 3.05) is 6.54 Å². The van der Waals surface area contributed by atoms with Crippen molar-refractivity contribution < 1.29 is 9.63 Å². The Kier molecular flexibility index (Phi) is 6.49. The molecule has 0 saturated heterocycles. The zero-order valence-electron chi connectivity index (χ0n) is 12.9. The Balaban J connectivity index is 2.11. The maximum Gasteiger partial charge on any atom is 0.342 e. The summed E-state index contributed by atoms with van der Waals surface area (Å²) in [5.74, 6) is 0.514. The Hall–Kier alpha value is -1.78. The number of rotatable bonds is 7. The normalized spacial score (nSPS) is 11.9. The third kappa shape index (κ3) is 4.61. The Labute approximate surface area is 136 Å². The fourth-order valence-electron chi connectivity index (χ4n) is 2.07. The van der Waals surface area contributed by atoms with Crippen LogP contribution in [0.25, 0.3) is 0 Å².